The first-order chi connectivity index (χ1) is 13.9. The van der Waals surface area contributed by atoms with Gasteiger partial charge in [-0.1, -0.05) is 48.0 Å². The van der Waals surface area contributed by atoms with E-state index in [1.165, 1.54) is 11.3 Å². The van der Waals surface area contributed by atoms with Crippen molar-refractivity contribution in [1.29, 1.82) is 0 Å². The van der Waals surface area contributed by atoms with Crippen LogP contribution in [0.4, 0.5) is 0 Å². The highest BCUT2D eigenvalue weighted by Crippen LogP contribution is 2.19. The average Bonchev–Trinajstić information content (AvgIpc) is 3.12. The Bertz CT molecular complexity index is 989. The SMILES string of the molecule is Cc1cc(C)c(C(=O)OCc2csc(CC(=O)NCc3ccccc3)n2)c(C)c1. The first kappa shape index (κ1) is 20.7. The molecule has 1 N–H and O–H groups in total. The molecule has 0 fully saturated rings. The highest BCUT2D eigenvalue weighted by molar-refractivity contribution is 7.09. The van der Waals surface area contributed by atoms with Gasteiger partial charge in [-0.25, -0.2) is 9.78 Å². The van der Waals surface area contributed by atoms with Gasteiger partial charge in [0.1, 0.15) is 11.6 Å². The van der Waals surface area contributed by atoms with E-state index in [-0.39, 0.29) is 24.9 Å². The minimum atomic E-state index is -0.352. The molecular formula is C23H24N2O3S. The summed E-state index contributed by atoms with van der Waals surface area (Å²) < 4.78 is 5.44. The number of hydrogen-bond acceptors (Lipinski definition) is 5. The van der Waals surface area contributed by atoms with Crippen molar-refractivity contribution in [2.75, 3.05) is 0 Å². The zero-order valence-corrected chi connectivity index (χ0v) is 17.6. The van der Waals surface area contributed by atoms with E-state index in [0.717, 1.165) is 22.3 Å². The van der Waals surface area contributed by atoms with E-state index in [1.807, 2.05) is 68.6 Å². The molecule has 29 heavy (non-hydrogen) atoms. The van der Waals surface area contributed by atoms with Crippen molar-refractivity contribution in [1.82, 2.24) is 10.3 Å². The van der Waals surface area contributed by atoms with Crippen LogP contribution in [0.25, 0.3) is 0 Å². The van der Waals surface area contributed by atoms with Gasteiger partial charge in [-0.3, -0.25) is 4.79 Å². The third-order valence-corrected chi connectivity index (χ3v) is 5.37. The molecule has 0 saturated heterocycles. The highest BCUT2D eigenvalue weighted by Gasteiger charge is 2.15. The summed E-state index contributed by atoms with van der Waals surface area (Å²) in [7, 11) is 0. The fraction of sp³-hybridized carbons (Fsp3) is 0.261. The summed E-state index contributed by atoms with van der Waals surface area (Å²) in [4.78, 5) is 29.0. The third-order valence-electron chi connectivity index (χ3n) is 4.48. The van der Waals surface area contributed by atoms with E-state index in [0.29, 0.717) is 22.8 Å². The van der Waals surface area contributed by atoms with Crippen molar-refractivity contribution in [3.05, 3.63) is 86.4 Å². The molecule has 0 saturated carbocycles. The number of rotatable bonds is 7. The second kappa shape index (κ2) is 9.47. The van der Waals surface area contributed by atoms with Gasteiger partial charge in [-0.15, -0.1) is 11.3 Å². The number of hydrogen-bond donors (Lipinski definition) is 1. The van der Waals surface area contributed by atoms with E-state index in [4.69, 9.17) is 4.74 Å². The van der Waals surface area contributed by atoms with Crippen molar-refractivity contribution in [2.24, 2.45) is 0 Å². The minimum absolute atomic E-state index is 0.0855. The molecule has 1 heterocycles. The number of aromatic nitrogens is 1. The van der Waals surface area contributed by atoms with E-state index in [2.05, 4.69) is 10.3 Å². The summed E-state index contributed by atoms with van der Waals surface area (Å²) in [6.07, 6.45) is 0.210. The molecule has 1 amide bonds. The maximum absolute atomic E-state index is 12.5. The Morgan fingerprint density at radius 2 is 1.76 bits per heavy atom. The van der Waals surface area contributed by atoms with Crippen LogP contribution < -0.4 is 5.32 Å². The molecule has 0 spiro atoms. The molecule has 0 aliphatic carbocycles. The number of esters is 1. The Morgan fingerprint density at radius 1 is 1.07 bits per heavy atom. The van der Waals surface area contributed by atoms with E-state index in [9.17, 15) is 9.59 Å². The Morgan fingerprint density at radius 3 is 2.45 bits per heavy atom. The predicted octanol–water partition coefficient (Wildman–Crippen LogP) is 4.28. The molecule has 3 rings (SSSR count). The van der Waals surface area contributed by atoms with Gasteiger partial charge in [0.25, 0.3) is 0 Å². The fourth-order valence-corrected chi connectivity index (χ4v) is 3.98. The average molecular weight is 409 g/mol. The largest absolute Gasteiger partial charge is 0.456 e. The molecular weight excluding hydrogens is 384 g/mol. The molecule has 0 aliphatic heterocycles. The van der Waals surface area contributed by atoms with Crippen molar-refractivity contribution >= 4 is 23.2 Å². The Balaban J connectivity index is 1.51. The van der Waals surface area contributed by atoms with Gasteiger partial charge in [0.15, 0.2) is 0 Å². The van der Waals surface area contributed by atoms with Crippen molar-refractivity contribution in [3.63, 3.8) is 0 Å². The third kappa shape index (κ3) is 5.74. The van der Waals surface area contributed by atoms with Crippen LogP contribution in [0.15, 0.2) is 47.8 Å². The molecule has 0 aliphatic rings. The monoisotopic (exact) mass is 408 g/mol. The summed E-state index contributed by atoms with van der Waals surface area (Å²) >= 11 is 1.39. The molecule has 3 aromatic rings. The maximum Gasteiger partial charge on any atom is 0.339 e. The van der Waals surface area contributed by atoms with Gasteiger partial charge in [-0.05, 0) is 37.5 Å². The van der Waals surface area contributed by atoms with Crippen LogP contribution in [0.5, 0.6) is 0 Å². The van der Waals surface area contributed by atoms with Crippen molar-refractivity contribution < 1.29 is 14.3 Å². The first-order valence-electron chi connectivity index (χ1n) is 9.41. The van der Waals surface area contributed by atoms with Crippen molar-refractivity contribution in [2.45, 2.75) is 40.3 Å². The van der Waals surface area contributed by atoms with E-state index in [1.54, 1.807) is 0 Å². The second-order valence-electron chi connectivity index (χ2n) is 7.02. The maximum atomic E-state index is 12.5. The Labute approximate surface area is 174 Å². The number of carbonyl (C=O) groups is 2. The van der Waals surface area contributed by atoms with Gasteiger partial charge < -0.3 is 10.1 Å². The summed E-state index contributed by atoms with van der Waals surface area (Å²) in [5.41, 5.74) is 5.23. The summed E-state index contributed by atoms with van der Waals surface area (Å²) in [6.45, 7) is 6.40. The lowest BCUT2D eigenvalue weighted by Gasteiger charge is -2.10. The molecule has 2 aromatic carbocycles. The van der Waals surface area contributed by atoms with Crippen LogP contribution in [0, 0.1) is 20.8 Å². The zero-order chi connectivity index (χ0) is 20.8. The zero-order valence-electron chi connectivity index (χ0n) is 16.8. The number of nitrogens with one attached hydrogen (secondary N) is 1. The van der Waals surface area contributed by atoms with Gasteiger partial charge in [-0.2, -0.15) is 0 Å². The van der Waals surface area contributed by atoms with Crippen LogP contribution in [0.3, 0.4) is 0 Å². The second-order valence-corrected chi connectivity index (χ2v) is 7.96. The lowest BCUT2D eigenvalue weighted by molar-refractivity contribution is -0.120. The standard InChI is InChI=1S/C23H24N2O3S/c1-15-9-16(2)22(17(3)10-15)23(27)28-13-19-14-29-21(25-19)11-20(26)24-12-18-7-5-4-6-8-18/h4-10,14H,11-13H2,1-3H3,(H,24,26). The first-order valence-corrected chi connectivity index (χ1v) is 10.3. The van der Waals surface area contributed by atoms with Crippen LogP contribution in [0.1, 0.15) is 43.3 Å². The number of aryl methyl sites for hydroxylation is 3. The number of thiazole rings is 1. The highest BCUT2D eigenvalue weighted by atomic mass is 32.1. The predicted molar refractivity (Wildman–Crippen MR) is 114 cm³/mol. The van der Waals surface area contributed by atoms with Crippen molar-refractivity contribution in [3.8, 4) is 0 Å². The molecule has 6 heteroatoms. The summed E-state index contributed by atoms with van der Waals surface area (Å²) in [5, 5.41) is 5.41. The molecule has 0 unspecified atom stereocenters. The lowest BCUT2D eigenvalue weighted by atomic mass is 10.00. The van der Waals surface area contributed by atoms with Crippen LogP contribution in [-0.2, 0) is 29.1 Å². The number of benzene rings is 2. The Kier molecular flexibility index (Phi) is 6.77. The molecule has 0 atom stereocenters. The van der Waals surface area contributed by atoms with E-state index < -0.39 is 0 Å². The van der Waals surface area contributed by atoms with Gasteiger partial charge in [0, 0.05) is 11.9 Å². The quantitative estimate of drug-likeness (QED) is 0.593. The van der Waals surface area contributed by atoms with Gasteiger partial charge >= 0.3 is 5.97 Å². The molecule has 5 nitrogen and oxygen atoms in total. The number of carbonyl (C=O) groups excluding carboxylic acids is 2. The van der Waals surface area contributed by atoms with Crippen LogP contribution >= 0.6 is 11.3 Å². The molecule has 0 bridgehead atoms. The lowest BCUT2D eigenvalue weighted by Crippen LogP contribution is -2.24. The molecule has 1 aromatic heterocycles. The van der Waals surface area contributed by atoms with Crippen LogP contribution in [0.2, 0.25) is 0 Å². The minimum Gasteiger partial charge on any atom is -0.456 e. The summed E-state index contributed by atoms with van der Waals surface area (Å²) in [5.74, 6) is -0.437. The number of amides is 1. The topological polar surface area (TPSA) is 68.3 Å². The molecule has 0 radical (unpaired) electrons. The normalized spacial score (nSPS) is 10.6. The van der Waals surface area contributed by atoms with Gasteiger partial charge in [0.05, 0.1) is 17.7 Å². The summed E-state index contributed by atoms with van der Waals surface area (Å²) in [6, 6.07) is 13.7. The smallest absolute Gasteiger partial charge is 0.339 e. The van der Waals surface area contributed by atoms with Crippen LogP contribution in [-0.4, -0.2) is 16.9 Å². The number of nitrogens with zero attached hydrogens (tertiary/aromatic N) is 1. The number of ether oxygens (including phenoxy) is 1. The van der Waals surface area contributed by atoms with Gasteiger partial charge in [0.2, 0.25) is 5.91 Å². The Hall–Kier alpha value is -2.99. The van der Waals surface area contributed by atoms with E-state index >= 15 is 0 Å². The molecule has 150 valence electrons. The fourth-order valence-electron chi connectivity index (χ4n) is 3.21.